The van der Waals surface area contributed by atoms with Crippen LogP contribution in [0.4, 0.5) is 0 Å². The van der Waals surface area contributed by atoms with Gasteiger partial charge in [0, 0.05) is 6.07 Å². The van der Waals surface area contributed by atoms with E-state index in [2.05, 4.69) is 5.32 Å². The summed E-state index contributed by atoms with van der Waals surface area (Å²) in [6.45, 7) is 0.900. The van der Waals surface area contributed by atoms with Crippen molar-refractivity contribution in [3.63, 3.8) is 0 Å². The molecule has 1 aromatic carbocycles. The lowest BCUT2D eigenvalue weighted by Crippen LogP contribution is -2.34. The molecule has 0 bridgehead atoms. The molecule has 1 aliphatic rings. The number of nitrogens with zero attached hydrogens (tertiary/aromatic N) is 1. The molecule has 1 aliphatic heterocycles. The summed E-state index contributed by atoms with van der Waals surface area (Å²) in [5, 5.41) is 2.85. The van der Waals surface area contributed by atoms with Crippen LogP contribution < -0.4 is 15.7 Å². The van der Waals surface area contributed by atoms with Gasteiger partial charge in [-0.15, -0.1) is 4.73 Å². The molecule has 0 radical (unpaired) electrons. The Morgan fingerprint density at radius 1 is 1.22 bits per heavy atom. The average Bonchev–Trinajstić information content (AvgIpc) is 3.00. The smallest absolute Gasteiger partial charge is 0.389 e. The van der Waals surface area contributed by atoms with Gasteiger partial charge in [0.1, 0.15) is 23.3 Å². The Balaban J connectivity index is 1.86. The summed E-state index contributed by atoms with van der Waals surface area (Å²) >= 11 is 5.19. The lowest BCUT2D eigenvalue weighted by Gasteiger charge is -2.11. The lowest BCUT2D eigenvalue weighted by molar-refractivity contribution is 0.0773. The van der Waals surface area contributed by atoms with E-state index < -0.39 is 10.9 Å². The van der Waals surface area contributed by atoms with Crippen LogP contribution >= 0.6 is 12.2 Å². The molecule has 1 saturated heterocycles. The molecule has 1 N–H and O–H groups in total. The first-order chi connectivity index (χ1) is 11.2. The third-order valence-corrected chi connectivity index (χ3v) is 5.96. The lowest BCUT2D eigenvalue weighted by atomic mass is 10.2. The molecule has 118 valence electrons. The van der Waals surface area contributed by atoms with Gasteiger partial charge in [-0.3, -0.25) is 4.79 Å². The Labute approximate surface area is 141 Å². The summed E-state index contributed by atoms with van der Waals surface area (Å²) in [6.07, 6.45) is 0. The first kappa shape index (κ1) is 15.8. The van der Waals surface area contributed by atoms with E-state index in [9.17, 15) is 9.59 Å². The summed E-state index contributed by atoms with van der Waals surface area (Å²) < 4.78 is 1.63. The van der Waals surface area contributed by atoms with Crippen LogP contribution in [0.3, 0.4) is 0 Å². The van der Waals surface area contributed by atoms with Crippen LogP contribution in [-0.4, -0.2) is 26.5 Å². The van der Waals surface area contributed by atoms with Crippen molar-refractivity contribution in [2.75, 3.05) is 12.3 Å². The van der Waals surface area contributed by atoms with Crippen molar-refractivity contribution in [2.45, 2.75) is 6.61 Å². The molecule has 23 heavy (non-hydrogen) atoms. The van der Waals surface area contributed by atoms with Gasteiger partial charge in [0.2, 0.25) is 0 Å². The summed E-state index contributed by atoms with van der Waals surface area (Å²) in [7, 11) is -0.693. The summed E-state index contributed by atoms with van der Waals surface area (Å²) in [5.74, 6) is 0.666. The van der Waals surface area contributed by atoms with Gasteiger partial charge in [-0.1, -0.05) is 36.4 Å². The number of nitrogens with one attached hydrogen (secondary N) is 1. The fourth-order valence-electron chi connectivity index (χ4n) is 2.21. The maximum atomic E-state index is 12.7. The largest absolute Gasteiger partial charge is 0.405 e. The molecule has 5 nitrogen and oxygen atoms in total. The third-order valence-electron chi connectivity index (χ3n) is 3.35. The van der Waals surface area contributed by atoms with Crippen molar-refractivity contribution in [1.29, 1.82) is 0 Å². The average molecular weight is 347 g/mol. The van der Waals surface area contributed by atoms with Crippen LogP contribution in [0.5, 0.6) is 0 Å². The molecule has 1 unspecified atom stereocenters. The fourth-order valence-corrected chi connectivity index (χ4v) is 4.32. The van der Waals surface area contributed by atoms with Crippen molar-refractivity contribution in [3.05, 3.63) is 70.1 Å². The standard InChI is InChI=1S/C16H14N2O3S2/c19-14-8-4-7-13(15(20)23-10-9-17-16(23)22)18(14)21-11-12-5-2-1-3-6-12/h1-8H,9-11H2/p+1. The minimum Gasteiger partial charge on any atom is -0.405 e. The monoisotopic (exact) mass is 347 g/mol. The topological polar surface area (TPSA) is 60.3 Å². The van der Waals surface area contributed by atoms with Crippen LogP contribution in [0.25, 0.3) is 0 Å². The summed E-state index contributed by atoms with van der Waals surface area (Å²) in [6, 6.07) is 14.0. The van der Waals surface area contributed by atoms with Crippen LogP contribution in [0.2, 0.25) is 0 Å². The molecule has 0 spiro atoms. The van der Waals surface area contributed by atoms with Crippen molar-refractivity contribution >= 4 is 32.5 Å². The summed E-state index contributed by atoms with van der Waals surface area (Å²) in [5.41, 5.74) is 0.790. The zero-order valence-corrected chi connectivity index (χ0v) is 13.9. The Morgan fingerprint density at radius 3 is 2.70 bits per heavy atom. The minimum atomic E-state index is -0.693. The predicted molar refractivity (Wildman–Crippen MR) is 94.6 cm³/mol. The van der Waals surface area contributed by atoms with Crippen LogP contribution in [-0.2, 0) is 17.5 Å². The second-order valence-corrected chi connectivity index (χ2v) is 7.53. The number of hydrogen-bond acceptors (Lipinski definition) is 4. The van der Waals surface area contributed by atoms with Crippen molar-refractivity contribution in [2.24, 2.45) is 0 Å². The summed E-state index contributed by atoms with van der Waals surface area (Å²) in [4.78, 5) is 30.4. The van der Waals surface area contributed by atoms with Gasteiger partial charge in [-0.25, -0.2) is 4.79 Å². The quantitative estimate of drug-likeness (QED) is 0.664. The Kier molecular flexibility index (Phi) is 4.78. The molecule has 0 saturated carbocycles. The van der Waals surface area contributed by atoms with Gasteiger partial charge < -0.3 is 10.2 Å². The van der Waals surface area contributed by atoms with E-state index in [0.717, 1.165) is 10.3 Å². The van der Waals surface area contributed by atoms with Crippen molar-refractivity contribution < 1.29 is 9.63 Å². The Morgan fingerprint density at radius 2 is 2.00 bits per heavy atom. The predicted octanol–water partition coefficient (Wildman–Crippen LogP) is 1.12. The van der Waals surface area contributed by atoms with E-state index in [1.54, 1.807) is 12.1 Å². The highest BCUT2D eigenvalue weighted by molar-refractivity contribution is 8.30. The minimum absolute atomic E-state index is 0.161. The highest BCUT2D eigenvalue weighted by Gasteiger charge is 2.42. The van der Waals surface area contributed by atoms with Gasteiger partial charge >= 0.3 is 5.12 Å². The number of thiocarbonyl (C=S) groups is 1. The molecule has 1 atom stereocenters. The van der Waals surface area contributed by atoms with E-state index in [0.29, 0.717) is 16.6 Å². The molecule has 2 heterocycles. The van der Waals surface area contributed by atoms with Crippen LogP contribution in [0, 0.1) is 0 Å². The van der Waals surface area contributed by atoms with Crippen molar-refractivity contribution in [3.8, 4) is 0 Å². The zero-order chi connectivity index (χ0) is 16.2. The molecular weight excluding hydrogens is 332 g/mol. The first-order valence-corrected chi connectivity index (χ1v) is 8.89. The number of carbonyl (C=O) groups excluding carboxylic acids is 1. The highest BCUT2D eigenvalue weighted by Crippen LogP contribution is 2.13. The van der Waals surface area contributed by atoms with Gasteiger partial charge in [0.15, 0.2) is 5.69 Å². The normalized spacial score (nSPS) is 16.9. The second-order valence-electron chi connectivity index (χ2n) is 4.90. The molecule has 1 fully saturated rings. The molecular formula is C16H15N2O3S2+. The molecule has 0 amide bonds. The van der Waals surface area contributed by atoms with Gasteiger partial charge in [-0.2, -0.15) is 0 Å². The fraction of sp³-hybridized carbons (Fsp3) is 0.188. The van der Waals surface area contributed by atoms with Gasteiger partial charge in [-0.05, 0) is 23.8 Å². The van der Waals surface area contributed by atoms with E-state index >= 15 is 0 Å². The van der Waals surface area contributed by atoms with E-state index in [-0.39, 0.29) is 23.0 Å². The van der Waals surface area contributed by atoms with Crippen LogP contribution in [0.15, 0.2) is 53.3 Å². The molecule has 1 aromatic heterocycles. The second kappa shape index (κ2) is 6.97. The number of carbonyl (C=O) groups is 1. The number of pyridine rings is 1. The SMILES string of the molecule is O=C(c1cccc(=O)n1OCc1ccccc1)[S+]1CCNC1=S. The van der Waals surface area contributed by atoms with Gasteiger partial charge in [0.05, 0.1) is 6.54 Å². The number of benzene rings is 1. The third kappa shape index (κ3) is 3.46. The Hall–Kier alpha value is -2.12. The number of rotatable bonds is 4. The van der Waals surface area contributed by atoms with Crippen molar-refractivity contribution in [1.82, 2.24) is 10.0 Å². The molecule has 2 aromatic rings. The molecule has 0 aliphatic carbocycles. The van der Waals surface area contributed by atoms with Crippen LogP contribution in [0.1, 0.15) is 16.1 Å². The maximum Gasteiger partial charge on any atom is 0.389 e. The zero-order valence-electron chi connectivity index (χ0n) is 12.2. The van der Waals surface area contributed by atoms with E-state index in [4.69, 9.17) is 17.1 Å². The molecule has 7 heteroatoms. The van der Waals surface area contributed by atoms with E-state index in [1.807, 2.05) is 30.3 Å². The number of aromatic nitrogens is 1. The van der Waals surface area contributed by atoms with E-state index in [1.165, 1.54) is 6.07 Å². The first-order valence-electron chi connectivity index (χ1n) is 7.09. The Bertz CT molecular complexity index is 789. The molecule has 3 rings (SSSR count). The maximum absolute atomic E-state index is 12.7. The van der Waals surface area contributed by atoms with Gasteiger partial charge in [0.25, 0.3) is 9.88 Å². The number of hydrogen-bond donors (Lipinski definition) is 1. The highest BCUT2D eigenvalue weighted by atomic mass is 32.2.